The van der Waals surface area contributed by atoms with Crippen molar-refractivity contribution in [3.05, 3.63) is 18.2 Å². The number of imidazole rings is 1. The Hall–Kier alpha value is -1.16. The smallest absolute Gasteiger partial charge is 0.152 e. The Bertz CT molecular complexity index is 280. The van der Waals surface area contributed by atoms with Gasteiger partial charge in [0, 0.05) is 24.2 Å². The number of rotatable bonds is 4. The molecule has 1 heterocycles. The van der Waals surface area contributed by atoms with Gasteiger partial charge in [-0.05, 0) is 0 Å². The minimum absolute atomic E-state index is 0.00192. The first-order valence-corrected chi connectivity index (χ1v) is 5.79. The van der Waals surface area contributed by atoms with Crippen molar-refractivity contribution in [1.29, 1.82) is 0 Å². The Balaban J connectivity index is 0.000000673. The third-order valence-electron chi connectivity index (χ3n) is 1.93. The van der Waals surface area contributed by atoms with E-state index in [1.165, 1.54) is 6.42 Å². The van der Waals surface area contributed by atoms with Gasteiger partial charge in [0.1, 0.15) is 0 Å². The summed E-state index contributed by atoms with van der Waals surface area (Å²) >= 11 is 0. The van der Waals surface area contributed by atoms with E-state index in [1.807, 2.05) is 13.8 Å². The van der Waals surface area contributed by atoms with Crippen molar-refractivity contribution in [3.8, 4) is 0 Å². The quantitative estimate of drug-likeness (QED) is 0.822. The number of carbonyl (C=O) groups excluding carboxylic acids is 1. The van der Waals surface area contributed by atoms with Crippen molar-refractivity contribution in [2.75, 3.05) is 0 Å². The molecule has 0 spiro atoms. The lowest BCUT2D eigenvalue weighted by molar-refractivity contribution is -0.123. The number of ketones is 1. The van der Waals surface area contributed by atoms with Crippen molar-refractivity contribution in [2.45, 2.75) is 46.6 Å². The summed E-state index contributed by atoms with van der Waals surface area (Å²) < 4.78 is 0. The molecule has 0 saturated heterocycles. The summed E-state index contributed by atoms with van der Waals surface area (Å²) in [4.78, 5) is 18.2. The average molecular weight is 225 g/mol. The molecule has 0 aliphatic rings. The third kappa shape index (κ3) is 5.66. The van der Waals surface area contributed by atoms with Crippen LogP contribution in [-0.4, -0.2) is 21.8 Å². The predicted molar refractivity (Wildman–Crippen MR) is 66.1 cm³/mol. The van der Waals surface area contributed by atoms with Gasteiger partial charge in [-0.3, -0.25) is 4.79 Å². The van der Waals surface area contributed by atoms with Crippen LogP contribution in [0, 0.1) is 5.92 Å². The van der Waals surface area contributed by atoms with Crippen LogP contribution >= 0.6 is 0 Å². The van der Waals surface area contributed by atoms with E-state index in [0.717, 1.165) is 5.69 Å². The van der Waals surface area contributed by atoms with E-state index in [4.69, 9.17) is 5.73 Å². The molecule has 92 valence electrons. The maximum atomic E-state index is 11.4. The van der Waals surface area contributed by atoms with Gasteiger partial charge in [-0.25, -0.2) is 4.98 Å². The number of nitrogens with one attached hydrogen (secondary N) is 1. The lowest BCUT2D eigenvalue weighted by Gasteiger charge is -2.11. The number of hydrogen-bond acceptors (Lipinski definition) is 3. The Labute approximate surface area is 97.7 Å². The predicted octanol–water partition coefficient (Wildman–Crippen LogP) is 1.92. The van der Waals surface area contributed by atoms with Crippen LogP contribution in [0.3, 0.4) is 0 Å². The first-order valence-electron chi connectivity index (χ1n) is 5.79. The number of aromatic amines is 1. The molecule has 4 heteroatoms. The molecule has 16 heavy (non-hydrogen) atoms. The van der Waals surface area contributed by atoms with Crippen LogP contribution in [0.25, 0.3) is 0 Å². The molecular weight excluding hydrogens is 202 g/mol. The van der Waals surface area contributed by atoms with Crippen molar-refractivity contribution in [1.82, 2.24) is 9.97 Å². The molecule has 0 aliphatic carbocycles. The van der Waals surface area contributed by atoms with Gasteiger partial charge in [0.25, 0.3) is 0 Å². The molecule has 0 saturated carbocycles. The van der Waals surface area contributed by atoms with Gasteiger partial charge in [0.15, 0.2) is 5.78 Å². The Morgan fingerprint density at radius 2 is 2.06 bits per heavy atom. The maximum absolute atomic E-state index is 11.4. The monoisotopic (exact) mass is 225 g/mol. The molecule has 1 unspecified atom stereocenters. The average Bonchev–Trinajstić information content (AvgIpc) is 2.70. The van der Waals surface area contributed by atoms with Gasteiger partial charge in [0.2, 0.25) is 0 Å². The van der Waals surface area contributed by atoms with Crippen LogP contribution in [0.5, 0.6) is 0 Å². The fraction of sp³-hybridized carbons (Fsp3) is 0.667. The van der Waals surface area contributed by atoms with E-state index < -0.39 is 6.04 Å². The largest absolute Gasteiger partial charge is 0.348 e. The second kappa shape index (κ2) is 8.05. The van der Waals surface area contributed by atoms with E-state index in [9.17, 15) is 4.79 Å². The second-order valence-electron chi connectivity index (χ2n) is 4.15. The lowest BCUT2D eigenvalue weighted by atomic mass is 9.99. The number of Topliss-reactive ketones (excluding diaryl/α,β-unsaturated/α-hetero) is 1. The van der Waals surface area contributed by atoms with E-state index >= 15 is 0 Å². The molecule has 1 atom stereocenters. The van der Waals surface area contributed by atoms with Crippen molar-refractivity contribution >= 4 is 5.78 Å². The zero-order valence-corrected chi connectivity index (χ0v) is 10.7. The van der Waals surface area contributed by atoms with Crippen molar-refractivity contribution in [3.63, 3.8) is 0 Å². The summed E-state index contributed by atoms with van der Waals surface area (Å²) in [6.45, 7) is 7.96. The maximum Gasteiger partial charge on any atom is 0.152 e. The van der Waals surface area contributed by atoms with Crippen LogP contribution in [0.1, 0.15) is 39.8 Å². The molecule has 0 fully saturated rings. The number of nitrogens with two attached hydrogens (primary N) is 1. The van der Waals surface area contributed by atoms with E-state index in [1.54, 1.807) is 12.5 Å². The van der Waals surface area contributed by atoms with Crippen molar-refractivity contribution < 1.29 is 4.79 Å². The lowest BCUT2D eigenvalue weighted by Crippen LogP contribution is -2.35. The van der Waals surface area contributed by atoms with Crippen molar-refractivity contribution in [2.24, 2.45) is 11.7 Å². The molecule has 4 nitrogen and oxygen atoms in total. The molecule has 0 aliphatic heterocycles. The Morgan fingerprint density at radius 3 is 2.44 bits per heavy atom. The minimum atomic E-state index is -0.416. The molecule has 1 rings (SSSR count). The molecule has 3 N–H and O–H groups in total. The minimum Gasteiger partial charge on any atom is -0.348 e. The number of carbonyl (C=O) groups is 1. The first kappa shape index (κ1) is 14.8. The van der Waals surface area contributed by atoms with Crippen LogP contribution in [0.15, 0.2) is 12.5 Å². The van der Waals surface area contributed by atoms with Crippen LogP contribution < -0.4 is 5.73 Å². The molecule has 0 bridgehead atoms. The molecule has 1 aromatic heterocycles. The zero-order chi connectivity index (χ0) is 12.6. The summed E-state index contributed by atoms with van der Waals surface area (Å²) in [7, 11) is 0. The SMILES string of the molecule is CC(C)C(=O)C(N)Cc1cnc[nH]1.CCC. The summed E-state index contributed by atoms with van der Waals surface area (Å²) in [5.41, 5.74) is 6.62. The summed E-state index contributed by atoms with van der Waals surface area (Å²) in [5.74, 6) is 0.0903. The van der Waals surface area contributed by atoms with Gasteiger partial charge in [-0.1, -0.05) is 34.1 Å². The highest BCUT2D eigenvalue weighted by Gasteiger charge is 2.17. The molecular formula is C12H23N3O. The molecule has 1 aromatic rings. The van der Waals surface area contributed by atoms with Crippen LogP contribution in [0.2, 0.25) is 0 Å². The highest BCUT2D eigenvalue weighted by Crippen LogP contribution is 2.03. The summed E-state index contributed by atoms with van der Waals surface area (Å²) in [6.07, 6.45) is 5.06. The van der Waals surface area contributed by atoms with Gasteiger partial charge in [-0.2, -0.15) is 0 Å². The molecule has 0 amide bonds. The zero-order valence-electron chi connectivity index (χ0n) is 10.7. The third-order valence-corrected chi connectivity index (χ3v) is 1.93. The summed E-state index contributed by atoms with van der Waals surface area (Å²) in [5, 5.41) is 0. The van der Waals surface area contributed by atoms with Gasteiger partial charge in [0.05, 0.1) is 12.4 Å². The normalized spacial score (nSPS) is 11.9. The number of nitrogens with zero attached hydrogens (tertiary/aromatic N) is 1. The first-order chi connectivity index (χ1) is 7.52. The van der Waals surface area contributed by atoms with E-state index in [0.29, 0.717) is 6.42 Å². The molecule has 0 aromatic carbocycles. The van der Waals surface area contributed by atoms with E-state index in [-0.39, 0.29) is 11.7 Å². The summed E-state index contributed by atoms with van der Waals surface area (Å²) in [6, 6.07) is -0.416. The standard InChI is InChI=1S/C9H15N3O.C3H8/c1-6(2)9(13)8(10)3-7-4-11-5-12-7;1-3-2/h4-6,8H,3,10H2,1-2H3,(H,11,12);3H2,1-2H3. The highest BCUT2D eigenvalue weighted by molar-refractivity contribution is 5.85. The van der Waals surface area contributed by atoms with Gasteiger partial charge in [-0.15, -0.1) is 0 Å². The van der Waals surface area contributed by atoms with Crippen LogP contribution in [0.4, 0.5) is 0 Å². The second-order valence-corrected chi connectivity index (χ2v) is 4.15. The van der Waals surface area contributed by atoms with E-state index in [2.05, 4.69) is 23.8 Å². The highest BCUT2D eigenvalue weighted by atomic mass is 16.1. The topological polar surface area (TPSA) is 71.8 Å². The number of H-pyrrole nitrogens is 1. The Kier molecular flexibility index (Phi) is 7.46. The number of aromatic nitrogens is 2. The fourth-order valence-electron chi connectivity index (χ4n) is 1.16. The van der Waals surface area contributed by atoms with Gasteiger partial charge < -0.3 is 10.7 Å². The number of hydrogen-bond donors (Lipinski definition) is 2. The van der Waals surface area contributed by atoms with Gasteiger partial charge >= 0.3 is 0 Å². The van der Waals surface area contributed by atoms with Crippen LogP contribution in [-0.2, 0) is 11.2 Å². The molecule has 0 radical (unpaired) electrons. The fourth-order valence-corrected chi connectivity index (χ4v) is 1.16. The Morgan fingerprint density at radius 1 is 1.50 bits per heavy atom.